The van der Waals surface area contributed by atoms with Gasteiger partial charge in [-0.1, -0.05) is 0 Å². The third-order valence-electron chi connectivity index (χ3n) is 1.75. The van der Waals surface area contributed by atoms with Gasteiger partial charge in [-0.05, 0) is 10.4 Å². The molecule has 8 nitrogen and oxygen atoms in total. The lowest BCUT2D eigenvalue weighted by Gasteiger charge is -1.97. The van der Waals surface area contributed by atoms with Crippen LogP contribution >= 0.6 is 0 Å². The third kappa shape index (κ3) is 1.82. The molecule has 0 aliphatic rings. The highest BCUT2D eigenvalue weighted by atomic mass is 16.4. The number of hydrogen-bond donors (Lipinski definition) is 1. The number of carboxylic acid groups (broad SMARTS) is 1. The fourth-order valence-corrected chi connectivity index (χ4v) is 1.15. The monoisotopic (exact) mass is 208 g/mol. The first-order valence-electron chi connectivity index (χ1n) is 4.13. The van der Waals surface area contributed by atoms with E-state index in [1.165, 1.54) is 4.68 Å². The van der Waals surface area contributed by atoms with Gasteiger partial charge in [-0.15, -0.1) is 5.10 Å². The zero-order valence-electron chi connectivity index (χ0n) is 7.90. The van der Waals surface area contributed by atoms with Crippen LogP contribution in [0, 0.1) is 0 Å². The molecule has 8 heteroatoms. The van der Waals surface area contributed by atoms with Crippen LogP contribution in [0.2, 0.25) is 0 Å². The van der Waals surface area contributed by atoms with Crippen molar-refractivity contribution in [1.82, 2.24) is 29.8 Å². The Labute approximate surface area is 84.2 Å². The van der Waals surface area contributed by atoms with Gasteiger partial charge < -0.3 is 9.67 Å². The summed E-state index contributed by atoms with van der Waals surface area (Å²) < 4.78 is 2.92. The van der Waals surface area contributed by atoms with Crippen LogP contribution in [0.25, 0.3) is 11.5 Å². The first-order valence-corrected chi connectivity index (χ1v) is 4.13. The summed E-state index contributed by atoms with van der Waals surface area (Å²) in [6.07, 6.45) is 3.30. The maximum Gasteiger partial charge on any atom is 0.325 e. The summed E-state index contributed by atoms with van der Waals surface area (Å²) in [7, 11) is 1.81. The molecule has 0 amide bonds. The predicted octanol–water partition coefficient (Wildman–Crippen LogP) is -0.842. The maximum atomic E-state index is 10.5. The quantitative estimate of drug-likeness (QED) is 0.705. The van der Waals surface area contributed by atoms with Crippen molar-refractivity contribution in [2.75, 3.05) is 0 Å². The summed E-state index contributed by atoms with van der Waals surface area (Å²) in [5.74, 6) is -0.655. The number of nitrogens with zero attached hydrogens (tertiary/aromatic N) is 6. The molecule has 2 rings (SSSR count). The van der Waals surface area contributed by atoms with E-state index >= 15 is 0 Å². The lowest BCUT2D eigenvalue weighted by molar-refractivity contribution is -0.137. The second kappa shape index (κ2) is 3.48. The molecule has 2 aromatic heterocycles. The van der Waals surface area contributed by atoms with E-state index in [2.05, 4.69) is 20.5 Å². The Morgan fingerprint density at radius 3 is 3.00 bits per heavy atom. The lowest BCUT2D eigenvalue weighted by Crippen LogP contribution is -2.11. The normalized spacial score (nSPS) is 10.5. The summed E-state index contributed by atoms with van der Waals surface area (Å²) in [6.45, 7) is -0.279. The molecule has 0 unspecified atom stereocenters. The average molecular weight is 208 g/mol. The number of aliphatic carboxylic acids is 1. The fraction of sp³-hybridized carbons (Fsp3) is 0.286. The van der Waals surface area contributed by atoms with Gasteiger partial charge in [-0.3, -0.25) is 4.79 Å². The van der Waals surface area contributed by atoms with E-state index in [0.717, 1.165) is 0 Å². The van der Waals surface area contributed by atoms with Crippen molar-refractivity contribution >= 4 is 5.97 Å². The van der Waals surface area contributed by atoms with Crippen LogP contribution < -0.4 is 0 Å². The number of aromatic nitrogens is 6. The van der Waals surface area contributed by atoms with Crippen molar-refractivity contribution in [2.24, 2.45) is 7.05 Å². The molecule has 15 heavy (non-hydrogen) atoms. The van der Waals surface area contributed by atoms with Crippen LogP contribution in [0.1, 0.15) is 0 Å². The number of hydrogen-bond acceptors (Lipinski definition) is 5. The van der Waals surface area contributed by atoms with Crippen molar-refractivity contribution in [3.05, 3.63) is 12.5 Å². The van der Waals surface area contributed by atoms with Crippen LogP contribution in [-0.2, 0) is 18.4 Å². The van der Waals surface area contributed by atoms with Gasteiger partial charge in [0.1, 0.15) is 12.2 Å². The van der Waals surface area contributed by atoms with Crippen molar-refractivity contribution in [3.8, 4) is 11.5 Å². The van der Waals surface area contributed by atoms with Gasteiger partial charge in [0.15, 0.2) is 0 Å². The molecule has 0 radical (unpaired) electrons. The van der Waals surface area contributed by atoms with E-state index in [4.69, 9.17) is 5.11 Å². The highest BCUT2D eigenvalue weighted by molar-refractivity contribution is 5.67. The molecule has 2 heterocycles. The molecule has 2 aromatic rings. The second-order valence-corrected chi connectivity index (χ2v) is 2.98. The zero-order chi connectivity index (χ0) is 10.8. The summed E-state index contributed by atoms with van der Waals surface area (Å²) >= 11 is 0. The van der Waals surface area contributed by atoms with E-state index in [-0.39, 0.29) is 6.54 Å². The lowest BCUT2D eigenvalue weighted by atomic mass is 10.4. The molecule has 0 aliphatic carbocycles. The van der Waals surface area contributed by atoms with E-state index in [0.29, 0.717) is 11.5 Å². The van der Waals surface area contributed by atoms with E-state index in [1.807, 2.05) is 7.05 Å². The van der Waals surface area contributed by atoms with Gasteiger partial charge in [0.05, 0.1) is 6.33 Å². The molecule has 0 aromatic carbocycles. The maximum absolute atomic E-state index is 10.5. The number of imidazole rings is 1. The predicted molar refractivity (Wildman–Crippen MR) is 47.7 cm³/mol. The number of rotatable bonds is 3. The minimum atomic E-state index is -1.00. The molecule has 0 fully saturated rings. The smallest absolute Gasteiger partial charge is 0.325 e. The Hall–Kier alpha value is -2.25. The number of tetrazole rings is 1. The number of carboxylic acids is 1. The molecule has 0 saturated carbocycles. The average Bonchev–Trinajstić information content (AvgIpc) is 2.72. The molecular formula is C7H8N6O2. The Morgan fingerprint density at radius 1 is 1.60 bits per heavy atom. The Bertz CT molecular complexity index is 487. The molecular weight excluding hydrogens is 200 g/mol. The third-order valence-corrected chi connectivity index (χ3v) is 1.75. The van der Waals surface area contributed by atoms with Gasteiger partial charge in [0, 0.05) is 13.2 Å². The van der Waals surface area contributed by atoms with Crippen LogP contribution in [-0.4, -0.2) is 40.8 Å². The first-order chi connectivity index (χ1) is 7.16. The Kier molecular flexibility index (Phi) is 2.16. The first kappa shape index (κ1) is 9.31. The minimum Gasteiger partial charge on any atom is -0.480 e. The molecule has 0 atom stereocenters. The van der Waals surface area contributed by atoms with Crippen molar-refractivity contribution in [3.63, 3.8) is 0 Å². The van der Waals surface area contributed by atoms with Crippen LogP contribution in [0.5, 0.6) is 0 Å². The zero-order valence-corrected chi connectivity index (χ0v) is 7.90. The fourth-order valence-electron chi connectivity index (χ4n) is 1.15. The molecule has 0 saturated heterocycles. The SMILES string of the molecule is Cn1cnc(-c2nnnn2CC(=O)O)c1. The Morgan fingerprint density at radius 2 is 2.40 bits per heavy atom. The van der Waals surface area contributed by atoms with Gasteiger partial charge in [-0.25, -0.2) is 9.67 Å². The van der Waals surface area contributed by atoms with Crippen LogP contribution in [0.15, 0.2) is 12.5 Å². The molecule has 0 bridgehead atoms. The second-order valence-electron chi connectivity index (χ2n) is 2.98. The van der Waals surface area contributed by atoms with Crippen molar-refractivity contribution in [2.45, 2.75) is 6.54 Å². The highest BCUT2D eigenvalue weighted by Gasteiger charge is 2.13. The van der Waals surface area contributed by atoms with Crippen molar-refractivity contribution < 1.29 is 9.90 Å². The minimum absolute atomic E-state index is 0.279. The summed E-state index contributed by atoms with van der Waals surface area (Å²) in [6, 6.07) is 0. The highest BCUT2D eigenvalue weighted by Crippen LogP contribution is 2.11. The van der Waals surface area contributed by atoms with Gasteiger partial charge in [-0.2, -0.15) is 0 Å². The standard InChI is InChI=1S/C7H8N6O2/c1-12-2-5(8-4-12)7-9-10-11-13(7)3-6(14)15/h2,4H,3H2,1H3,(H,14,15). The van der Waals surface area contributed by atoms with E-state index in [9.17, 15) is 4.79 Å². The van der Waals surface area contributed by atoms with Crippen molar-refractivity contribution in [1.29, 1.82) is 0 Å². The van der Waals surface area contributed by atoms with Crippen LogP contribution in [0.4, 0.5) is 0 Å². The van der Waals surface area contributed by atoms with Gasteiger partial charge in [0.25, 0.3) is 0 Å². The molecule has 1 N–H and O–H groups in total. The van der Waals surface area contributed by atoms with Crippen LogP contribution in [0.3, 0.4) is 0 Å². The number of carbonyl (C=O) groups is 1. The summed E-state index contributed by atoms with van der Waals surface area (Å²) in [4.78, 5) is 14.5. The molecule has 0 aliphatic heterocycles. The van der Waals surface area contributed by atoms with E-state index < -0.39 is 5.97 Å². The molecule has 0 spiro atoms. The van der Waals surface area contributed by atoms with Gasteiger partial charge >= 0.3 is 5.97 Å². The topological polar surface area (TPSA) is 98.7 Å². The van der Waals surface area contributed by atoms with Gasteiger partial charge in [0.2, 0.25) is 5.82 Å². The Balaban J connectivity index is 2.36. The largest absolute Gasteiger partial charge is 0.480 e. The number of aryl methyl sites for hydroxylation is 1. The molecule has 78 valence electrons. The summed E-state index contributed by atoms with van der Waals surface area (Å²) in [5.41, 5.74) is 0.545. The summed E-state index contributed by atoms with van der Waals surface area (Å²) in [5, 5.41) is 19.3. The van der Waals surface area contributed by atoms with E-state index in [1.54, 1.807) is 17.1 Å².